The number of rotatable bonds is 6. The standard InChI is InChI=1S/C25H30N2O4/c1-2-31-23(28)21-18-20(10-11-22(21)27-14-16-30-17-15-27)26-24(29)25(12-6-7-13-25)19-8-4-3-5-9-19/h3-5,8-11,18H,2,6-7,12-17H2,1H3,(H,26,29). The van der Waals surface area contributed by atoms with E-state index in [4.69, 9.17) is 9.47 Å². The first-order valence-corrected chi connectivity index (χ1v) is 11.1. The molecule has 2 aliphatic rings. The van der Waals surface area contributed by atoms with E-state index in [1.165, 1.54) is 0 Å². The first kappa shape index (κ1) is 21.4. The SMILES string of the molecule is CCOC(=O)c1cc(NC(=O)C2(c3ccccc3)CCCC2)ccc1N1CCOCC1. The van der Waals surface area contributed by atoms with E-state index in [1.54, 1.807) is 13.0 Å². The lowest BCUT2D eigenvalue weighted by atomic mass is 9.78. The van der Waals surface area contributed by atoms with Crippen LogP contribution in [-0.4, -0.2) is 44.8 Å². The summed E-state index contributed by atoms with van der Waals surface area (Å²) in [5.74, 6) is -0.385. The summed E-state index contributed by atoms with van der Waals surface area (Å²) in [5, 5.41) is 3.10. The molecule has 4 rings (SSSR count). The largest absolute Gasteiger partial charge is 0.462 e. The summed E-state index contributed by atoms with van der Waals surface area (Å²) in [6, 6.07) is 15.5. The second-order valence-electron chi connectivity index (χ2n) is 8.16. The zero-order valence-corrected chi connectivity index (χ0v) is 18.1. The summed E-state index contributed by atoms with van der Waals surface area (Å²) in [7, 11) is 0. The van der Waals surface area contributed by atoms with Crippen LogP contribution in [0.15, 0.2) is 48.5 Å². The van der Waals surface area contributed by atoms with Crippen LogP contribution in [0.5, 0.6) is 0 Å². The maximum atomic E-state index is 13.5. The number of hydrogen-bond donors (Lipinski definition) is 1. The molecule has 2 fully saturated rings. The van der Waals surface area contributed by atoms with E-state index in [2.05, 4.69) is 10.2 Å². The fraction of sp³-hybridized carbons (Fsp3) is 0.440. The molecule has 0 radical (unpaired) electrons. The summed E-state index contributed by atoms with van der Waals surface area (Å²) in [6.45, 7) is 4.78. The monoisotopic (exact) mass is 422 g/mol. The van der Waals surface area contributed by atoms with Crippen molar-refractivity contribution in [1.82, 2.24) is 0 Å². The van der Waals surface area contributed by atoms with Gasteiger partial charge in [0.05, 0.1) is 36.5 Å². The van der Waals surface area contributed by atoms with E-state index in [0.717, 1.165) is 50.0 Å². The summed E-state index contributed by atoms with van der Waals surface area (Å²) in [5.41, 5.74) is 2.45. The van der Waals surface area contributed by atoms with Crippen LogP contribution in [-0.2, 0) is 19.7 Å². The van der Waals surface area contributed by atoms with Gasteiger partial charge < -0.3 is 19.7 Å². The maximum absolute atomic E-state index is 13.5. The highest BCUT2D eigenvalue weighted by Crippen LogP contribution is 2.42. The first-order valence-electron chi connectivity index (χ1n) is 11.1. The Morgan fingerprint density at radius 1 is 1.06 bits per heavy atom. The molecule has 1 N–H and O–H groups in total. The number of morpholine rings is 1. The Hall–Kier alpha value is -2.86. The third-order valence-corrected chi connectivity index (χ3v) is 6.32. The molecule has 1 aliphatic heterocycles. The molecule has 6 heteroatoms. The van der Waals surface area contributed by atoms with Gasteiger partial charge >= 0.3 is 5.97 Å². The minimum Gasteiger partial charge on any atom is -0.462 e. The zero-order chi connectivity index (χ0) is 21.7. The highest BCUT2D eigenvalue weighted by Gasteiger charge is 2.42. The molecule has 1 saturated heterocycles. The molecule has 2 aromatic rings. The second-order valence-corrected chi connectivity index (χ2v) is 8.16. The summed E-state index contributed by atoms with van der Waals surface area (Å²) < 4.78 is 10.7. The van der Waals surface area contributed by atoms with Crippen molar-refractivity contribution in [2.75, 3.05) is 43.1 Å². The van der Waals surface area contributed by atoms with Crippen molar-refractivity contribution in [2.45, 2.75) is 38.0 Å². The highest BCUT2D eigenvalue weighted by atomic mass is 16.5. The predicted molar refractivity (Wildman–Crippen MR) is 121 cm³/mol. The number of anilines is 2. The van der Waals surface area contributed by atoms with Crippen molar-refractivity contribution >= 4 is 23.3 Å². The van der Waals surface area contributed by atoms with Crippen LogP contribution in [0, 0.1) is 0 Å². The van der Waals surface area contributed by atoms with Gasteiger partial charge in [0.2, 0.25) is 5.91 Å². The number of ether oxygens (including phenoxy) is 2. The topological polar surface area (TPSA) is 67.9 Å². The second kappa shape index (κ2) is 9.52. The van der Waals surface area contributed by atoms with Crippen molar-refractivity contribution in [3.8, 4) is 0 Å². The van der Waals surface area contributed by atoms with E-state index in [-0.39, 0.29) is 11.9 Å². The Kier molecular flexibility index (Phi) is 6.56. The van der Waals surface area contributed by atoms with Crippen LogP contribution in [0.3, 0.4) is 0 Å². The molecule has 1 amide bonds. The fourth-order valence-electron chi connectivity index (χ4n) is 4.70. The van der Waals surface area contributed by atoms with Crippen molar-refractivity contribution in [3.05, 3.63) is 59.7 Å². The number of amides is 1. The molecule has 0 spiro atoms. The minimum absolute atomic E-state index is 0.00914. The van der Waals surface area contributed by atoms with E-state index in [1.807, 2.05) is 42.5 Å². The van der Waals surface area contributed by atoms with Crippen molar-refractivity contribution < 1.29 is 19.1 Å². The molecule has 1 saturated carbocycles. The molecule has 2 aromatic carbocycles. The number of carbonyl (C=O) groups excluding carboxylic acids is 2. The van der Waals surface area contributed by atoms with E-state index < -0.39 is 5.41 Å². The fourth-order valence-corrected chi connectivity index (χ4v) is 4.70. The number of nitrogens with one attached hydrogen (secondary N) is 1. The van der Waals surface area contributed by atoms with Crippen molar-refractivity contribution in [1.29, 1.82) is 0 Å². The summed E-state index contributed by atoms with van der Waals surface area (Å²) in [6.07, 6.45) is 3.73. The highest BCUT2D eigenvalue weighted by molar-refractivity contribution is 6.02. The Morgan fingerprint density at radius 3 is 2.45 bits per heavy atom. The molecule has 1 aliphatic carbocycles. The van der Waals surface area contributed by atoms with Gasteiger partial charge in [-0.05, 0) is 43.5 Å². The first-order chi connectivity index (χ1) is 15.1. The van der Waals surface area contributed by atoms with Gasteiger partial charge in [-0.2, -0.15) is 0 Å². The lowest BCUT2D eigenvalue weighted by Gasteiger charge is -2.31. The molecule has 0 unspecified atom stereocenters. The minimum atomic E-state index is -0.520. The van der Waals surface area contributed by atoms with Crippen LogP contribution in [0.2, 0.25) is 0 Å². The summed E-state index contributed by atoms with van der Waals surface area (Å²) >= 11 is 0. The van der Waals surface area contributed by atoms with Gasteiger partial charge in [-0.15, -0.1) is 0 Å². The zero-order valence-electron chi connectivity index (χ0n) is 18.1. The molecule has 0 atom stereocenters. The van der Waals surface area contributed by atoms with Crippen molar-refractivity contribution in [3.63, 3.8) is 0 Å². The predicted octanol–water partition coefficient (Wildman–Crippen LogP) is 4.15. The van der Waals surface area contributed by atoms with Crippen LogP contribution >= 0.6 is 0 Å². The molecular formula is C25H30N2O4. The molecule has 1 heterocycles. The third-order valence-electron chi connectivity index (χ3n) is 6.32. The van der Waals surface area contributed by atoms with E-state index in [0.29, 0.717) is 31.1 Å². The average Bonchev–Trinajstić information content (AvgIpc) is 3.32. The van der Waals surface area contributed by atoms with Crippen LogP contribution < -0.4 is 10.2 Å². The van der Waals surface area contributed by atoms with Gasteiger partial charge in [0, 0.05) is 18.8 Å². The number of hydrogen-bond acceptors (Lipinski definition) is 5. The molecule has 31 heavy (non-hydrogen) atoms. The van der Waals surface area contributed by atoms with Gasteiger partial charge in [0.1, 0.15) is 0 Å². The lowest BCUT2D eigenvalue weighted by Crippen LogP contribution is -2.38. The van der Waals surface area contributed by atoms with Gasteiger partial charge in [-0.25, -0.2) is 4.79 Å². The Morgan fingerprint density at radius 2 is 1.77 bits per heavy atom. The molecule has 0 bridgehead atoms. The lowest BCUT2D eigenvalue weighted by molar-refractivity contribution is -0.121. The van der Waals surface area contributed by atoms with E-state index in [9.17, 15) is 9.59 Å². The Balaban J connectivity index is 1.62. The van der Waals surface area contributed by atoms with Crippen LogP contribution in [0.1, 0.15) is 48.5 Å². The molecular weight excluding hydrogens is 392 g/mol. The molecule has 0 aromatic heterocycles. The van der Waals surface area contributed by atoms with Gasteiger partial charge in [0.25, 0.3) is 0 Å². The number of nitrogens with zero attached hydrogens (tertiary/aromatic N) is 1. The Bertz CT molecular complexity index is 916. The maximum Gasteiger partial charge on any atom is 0.340 e. The third kappa shape index (κ3) is 4.44. The van der Waals surface area contributed by atoms with Crippen LogP contribution in [0.25, 0.3) is 0 Å². The Labute approximate surface area is 183 Å². The van der Waals surface area contributed by atoms with Crippen LogP contribution in [0.4, 0.5) is 11.4 Å². The normalized spacial score (nSPS) is 17.9. The smallest absolute Gasteiger partial charge is 0.340 e. The van der Waals surface area contributed by atoms with Gasteiger partial charge in [-0.3, -0.25) is 4.79 Å². The van der Waals surface area contributed by atoms with Gasteiger partial charge in [-0.1, -0.05) is 43.2 Å². The summed E-state index contributed by atoms with van der Waals surface area (Å²) in [4.78, 5) is 28.3. The van der Waals surface area contributed by atoms with E-state index >= 15 is 0 Å². The van der Waals surface area contributed by atoms with Crippen molar-refractivity contribution in [2.24, 2.45) is 0 Å². The molecule has 164 valence electrons. The molecule has 6 nitrogen and oxygen atoms in total. The van der Waals surface area contributed by atoms with Gasteiger partial charge in [0.15, 0.2) is 0 Å². The number of esters is 1. The average molecular weight is 423 g/mol. The quantitative estimate of drug-likeness (QED) is 0.709. The number of carbonyl (C=O) groups is 2. The number of benzene rings is 2.